The molecule has 0 aromatic heterocycles. The Morgan fingerprint density at radius 1 is 1.06 bits per heavy atom. The number of fused-ring (bicyclic) bond motifs is 1. The first-order valence-electron chi connectivity index (χ1n) is 12.0. The number of aliphatic hydroxyl groups is 1. The van der Waals surface area contributed by atoms with E-state index in [9.17, 15) is 13.5 Å². The highest BCUT2D eigenvalue weighted by molar-refractivity contribution is 7.89. The first kappa shape index (κ1) is 24.7. The summed E-state index contributed by atoms with van der Waals surface area (Å²) in [6.07, 6.45) is 1.70. The van der Waals surface area contributed by atoms with Crippen molar-refractivity contribution in [3.05, 3.63) is 59.7 Å². The molecule has 0 unspecified atom stereocenters. The second-order valence-electron chi connectivity index (χ2n) is 9.37. The molecule has 7 heteroatoms. The number of rotatable bonds is 5. The Morgan fingerprint density at radius 3 is 2.35 bits per heavy atom. The number of methoxy groups -OCH3 is 1. The summed E-state index contributed by atoms with van der Waals surface area (Å²) in [4.78, 5) is 2.57. The van der Waals surface area contributed by atoms with Gasteiger partial charge in [0.2, 0.25) is 10.0 Å². The highest BCUT2D eigenvalue weighted by Crippen LogP contribution is 2.42. The Morgan fingerprint density at radius 2 is 1.74 bits per heavy atom. The van der Waals surface area contributed by atoms with E-state index >= 15 is 0 Å². The van der Waals surface area contributed by atoms with Crippen molar-refractivity contribution >= 4 is 10.0 Å². The van der Waals surface area contributed by atoms with Gasteiger partial charge in [-0.2, -0.15) is 4.31 Å². The number of hydrogen-bond acceptors (Lipinski definition) is 5. The van der Waals surface area contributed by atoms with Crippen molar-refractivity contribution in [2.45, 2.75) is 49.6 Å². The SMILES string of the molecule is COc1ccc(S(=O)(=O)N2CCCCN3[C@H](CO)[C@@H](c4ccc(C#CC(C)C)cc4)[C@H]3C2)cc1. The third-order valence-electron chi connectivity index (χ3n) is 6.83. The van der Waals surface area contributed by atoms with Crippen LogP contribution in [0.2, 0.25) is 0 Å². The van der Waals surface area contributed by atoms with Gasteiger partial charge in [-0.15, -0.1) is 0 Å². The second-order valence-corrected chi connectivity index (χ2v) is 11.3. The fourth-order valence-electron chi connectivity index (χ4n) is 5.04. The van der Waals surface area contributed by atoms with E-state index in [-0.39, 0.29) is 29.5 Å². The summed E-state index contributed by atoms with van der Waals surface area (Å²) < 4.78 is 33.8. The maximum atomic E-state index is 13.5. The number of ether oxygens (including phenoxy) is 1. The minimum atomic E-state index is -3.63. The monoisotopic (exact) mass is 482 g/mol. The van der Waals surface area contributed by atoms with Crippen LogP contribution in [-0.2, 0) is 10.0 Å². The van der Waals surface area contributed by atoms with Gasteiger partial charge < -0.3 is 9.84 Å². The van der Waals surface area contributed by atoms with Crippen molar-refractivity contribution in [1.29, 1.82) is 0 Å². The molecule has 0 spiro atoms. The third kappa shape index (κ3) is 5.01. The maximum Gasteiger partial charge on any atom is 0.243 e. The lowest BCUT2D eigenvalue weighted by Crippen LogP contribution is -2.67. The van der Waals surface area contributed by atoms with Crippen LogP contribution in [0.5, 0.6) is 5.75 Å². The molecule has 4 rings (SSSR count). The lowest BCUT2D eigenvalue weighted by molar-refractivity contribution is -0.0553. The third-order valence-corrected chi connectivity index (χ3v) is 8.71. The lowest BCUT2D eigenvalue weighted by atomic mass is 9.74. The molecule has 0 radical (unpaired) electrons. The number of aliphatic hydroxyl groups excluding tert-OH is 1. The minimum Gasteiger partial charge on any atom is -0.497 e. The van der Waals surface area contributed by atoms with E-state index in [1.165, 1.54) is 0 Å². The molecule has 6 nitrogen and oxygen atoms in total. The van der Waals surface area contributed by atoms with Gasteiger partial charge in [0.15, 0.2) is 0 Å². The Hall–Kier alpha value is -2.37. The molecule has 0 bridgehead atoms. The molecule has 2 aromatic rings. The summed E-state index contributed by atoms with van der Waals surface area (Å²) in [6.45, 7) is 5.97. The predicted molar refractivity (Wildman–Crippen MR) is 133 cm³/mol. The van der Waals surface area contributed by atoms with Crippen LogP contribution in [0.4, 0.5) is 0 Å². The zero-order valence-electron chi connectivity index (χ0n) is 20.1. The fourth-order valence-corrected chi connectivity index (χ4v) is 6.54. The van der Waals surface area contributed by atoms with Crippen molar-refractivity contribution in [1.82, 2.24) is 9.21 Å². The summed E-state index contributed by atoms with van der Waals surface area (Å²) in [6, 6.07) is 14.8. The number of nitrogens with zero attached hydrogens (tertiary/aromatic N) is 2. The van der Waals surface area contributed by atoms with Crippen molar-refractivity contribution < 1.29 is 18.3 Å². The van der Waals surface area contributed by atoms with E-state index in [2.05, 4.69) is 42.7 Å². The van der Waals surface area contributed by atoms with Crippen molar-refractivity contribution in [2.75, 3.05) is 33.4 Å². The van der Waals surface area contributed by atoms with Crippen LogP contribution in [0, 0.1) is 17.8 Å². The van der Waals surface area contributed by atoms with Gasteiger partial charge in [0.1, 0.15) is 5.75 Å². The topological polar surface area (TPSA) is 70.1 Å². The molecular weight excluding hydrogens is 448 g/mol. The van der Waals surface area contributed by atoms with Crippen LogP contribution in [0.1, 0.15) is 43.7 Å². The van der Waals surface area contributed by atoms with E-state index in [0.29, 0.717) is 24.8 Å². The van der Waals surface area contributed by atoms with E-state index in [4.69, 9.17) is 4.74 Å². The Bertz CT molecular complexity index is 1130. The van der Waals surface area contributed by atoms with E-state index in [1.54, 1.807) is 35.7 Å². The largest absolute Gasteiger partial charge is 0.497 e. The summed E-state index contributed by atoms with van der Waals surface area (Å²) in [7, 11) is -2.07. The molecule has 182 valence electrons. The lowest BCUT2D eigenvalue weighted by Gasteiger charge is -2.57. The molecule has 2 saturated heterocycles. The van der Waals surface area contributed by atoms with Gasteiger partial charge in [-0.05, 0) is 61.3 Å². The Kier molecular flexibility index (Phi) is 7.63. The van der Waals surface area contributed by atoms with E-state index < -0.39 is 10.0 Å². The number of benzene rings is 2. The van der Waals surface area contributed by atoms with Gasteiger partial charge in [-0.3, -0.25) is 4.90 Å². The molecular formula is C27H34N2O4S. The first-order chi connectivity index (χ1) is 16.3. The first-order valence-corrected chi connectivity index (χ1v) is 13.4. The van der Waals surface area contributed by atoms with Crippen LogP contribution < -0.4 is 4.74 Å². The van der Waals surface area contributed by atoms with Crippen LogP contribution in [-0.4, -0.2) is 68.2 Å². The fraction of sp³-hybridized carbons (Fsp3) is 0.481. The summed E-state index contributed by atoms with van der Waals surface area (Å²) in [5.41, 5.74) is 2.09. The average Bonchev–Trinajstić information content (AvgIpc) is 2.82. The number of sulfonamides is 1. The molecule has 1 N–H and O–H groups in total. The van der Waals surface area contributed by atoms with Crippen molar-refractivity contribution in [3.8, 4) is 17.6 Å². The average molecular weight is 483 g/mol. The second kappa shape index (κ2) is 10.5. The van der Waals surface area contributed by atoms with Gasteiger partial charge >= 0.3 is 0 Å². The zero-order valence-corrected chi connectivity index (χ0v) is 21.0. The highest BCUT2D eigenvalue weighted by Gasteiger charge is 2.50. The summed E-state index contributed by atoms with van der Waals surface area (Å²) >= 11 is 0. The van der Waals surface area contributed by atoms with Gasteiger partial charge in [0, 0.05) is 42.6 Å². The van der Waals surface area contributed by atoms with Crippen LogP contribution in [0.3, 0.4) is 0 Å². The molecule has 34 heavy (non-hydrogen) atoms. The predicted octanol–water partition coefficient (Wildman–Crippen LogP) is 3.32. The molecule has 2 heterocycles. The van der Waals surface area contributed by atoms with E-state index in [0.717, 1.165) is 30.5 Å². The number of hydrogen-bond donors (Lipinski definition) is 1. The van der Waals surface area contributed by atoms with Crippen molar-refractivity contribution in [3.63, 3.8) is 0 Å². The minimum absolute atomic E-state index is 0.00115. The molecule has 2 aliphatic rings. The zero-order chi connectivity index (χ0) is 24.3. The Balaban J connectivity index is 1.59. The Labute approximate surface area is 203 Å². The van der Waals surface area contributed by atoms with E-state index in [1.807, 2.05) is 12.1 Å². The van der Waals surface area contributed by atoms with Crippen LogP contribution in [0.25, 0.3) is 0 Å². The normalized spacial score (nSPS) is 23.7. The molecule has 2 fully saturated rings. The molecule has 0 saturated carbocycles. The summed E-state index contributed by atoms with van der Waals surface area (Å²) in [5, 5.41) is 10.2. The van der Waals surface area contributed by atoms with Gasteiger partial charge in [0.25, 0.3) is 0 Å². The molecule has 2 aliphatic heterocycles. The van der Waals surface area contributed by atoms with Crippen LogP contribution in [0.15, 0.2) is 53.4 Å². The quantitative estimate of drug-likeness (QED) is 0.662. The molecule has 3 atom stereocenters. The summed E-state index contributed by atoms with van der Waals surface area (Å²) in [5.74, 6) is 7.39. The maximum absolute atomic E-state index is 13.5. The van der Waals surface area contributed by atoms with Gasteiger partial charge in [0.05, 0.1) is 18.6 Å². The molecule has 0 aliphatic carbocycles. The van der Waals surface area contributed by atoms with Gasteiger partial charge in [-0.25, -0.2) is 8.42 Å². The molecule has 2 aromatic carbocycles. The molecule has 0 amide bonds. The van der Waals surface area contributed by atoms with Crippen molar-refractivity contribution in [2.24, 2.45) is 5.92 Å². The van der Waals surface area contributed by atoms with Crippen LogP contribution >= 0.6 is 0 Å². The van der Waals surface area contributed by atoms with Gasteiger partial charge in [-0.1, -0.05) is 37.8 Å². The smallest absolute Gasteiger partial charge is 0.243 e. The highest BCUT2D eigenvalue weighted by atomic mass is 32.2. The standard InChI is InChI=1S/C27H34N2O4S/c1-20(2)6-7-21-8-10-22(11-9-21)27-25-18-28(16-4-5-17-29(25)26(27)19-30)34(31,32)24-14-12-23(33-3)13-15-24/h8-15,20,25-27,30H,4-5,16-19H2,1-3H3/t25-,26-,27+/m1/s1.